The summed E-state index contributed by atoms with van der Waals surface area (Å²) in [6.07, 6.45) is 14.4. The first kappa shape index (κ1) is 33.4. The molecule has 0 bridgehead atoms. The lowest BCUT2D eigenvalue weighted by molar-refractivity contribution is 0.0450. The van der Waals surface area contributed by atoms with Crippen molar-refractivity contribution in [3.8, 4) is 0 Å². The Morgan fingerprint density at radius 3 is 1.00 bits per heavy atom. The van der Waals surface area contributed by atoms with E-state index in [0.29, 0.717) is 0 Å². The van der Waals surface area contributed by atoms with Gasteiger partial charge in [0.05, 0.1) is 26.4 Å². The molecule has 0 amide bonds. The molecule has 0 radical (unpaired) electrons. The van der Waals surface area contributed by atoms with Crippen LogP contribution < -0.4 is 0 Å². The summed E-state index contributed by atoms with van der Waals surface area (Å²) in [7, 11) is 0. The van der Waals surface area contributed by atoms with Gasteiger partial charge in [-0.3, -0.25) is 0 Å². The quantitative estimate of drug-likeness (QED) is 0.186. The average molecular weight is 427 g/mol. The number of hydrogen-bond donors (Lipinski definition) is 6. The molecule has 0 aliphatic carbocycles. The zero-order valence-corrected chi connectivity index (χ0v) is 19.0. The van der Waals surface area contributed by atoms with Crippen molar-refractivity contribution < 1.29 is 35.4 Å². The Morgan fingerprint density at radius 2 is 0.759 bits per heavy atom. The van der Waals surface area contributed by atoms with Gasteiger partial charge in [-0.2, -0.15) is 0 Å². The molecule has 0 spiro atoms. The third-order valence-corrected chi connectivity index (χ3v) is 4.13. The van der Waals surface area contributed by atoms with Crippen LogP contribution in [-0.2, 0) is 4.74 Å². The van der Waals surface area contributed by atoms with Crippen LogP contribution in [-0.4, -0.2) is 82.5 Å². The summed E-state index contributed by atoms with van der Waals surface area (Å²) in [6.45, 7) is 5.05. The van der Waals surface area contributed by atoms with Gasteiger partial charge in [0.1, 0.15) is 12.2 Å². The highest BCUT2D eigenvalue weighted by molar-refractivity contribution is 4.46. The second-order valence-electron chi connectivity index (χ2n) is 7.19. The normalized spacial score (nSPS) is 10.6. The number of hydrogen-bond acceptors (Lipinski definition) is 7. The maximum Gasteiger partial charge on any atom is 0.100 e. The third kappa shape index (κ3) is 38.9. The van der Waals surface area contributed by atoms with Crippen LogP contribution in [0.25, 0.3) is 0 Å². The van der Waals surface area contributed by atoms with Gasteiger partial charge in [-0.25, -0.2) is 0 Å². The van der Waals surface area contributed by atoms with Crippen molar-refractivity contribution in [2.75, 3.05) is 39.6 Å². The zero-order valence-electron chi connectivity index (χ0n) is 19.0. The van der Waals surface area contributed by atoms with Crippen LogP contribution in [0.15, 0.2) is 0 Å². The standard InChI is InChI=1S/C16H34O.2C3H8O3/c1-3-5-7-9-11-13-15-17-16-14-12-10-8-6-4-2;2*4-1-3(6)2-5/h3-16H2,1-2H3;2*3-6H,1-2H2. The third-order valence-electron chi connectivity index (χ3n) is 4.13. The summed E-state index contributed by atoms with van der Waals surface area (Å²) in [6, 6.07) is 0. The highest BCUT2D eigenvalue weighted by Gasteiger charge is 1.94. The lowest BCUT2D eigenvalue weighted by Crippen LogP contribution is -2.15. The molecule has 0 fully saturated rings. The second-order valence-corrected chi connectivity index (χ2v) is 7.19. The van der Waals surface area contributed by atoms with E-state index in [4.69, 9.17) is 35.4 Å². The first-order valence-electron chi connectivity index (χ1n) is 11.4. The molecular formula is C22H50O7. The first-order valence-corrected chi connectivity index (χ1v) is 11.4. The Morgan fingerprint density at radius 1 is 0.483 bits per heavy atom. The predicted octanol–water partition coefficient (Wildman–Crippen LogP) is 2.39. The number of ether oxygens (including phenoxy) is 1. The number of aliphatic hydroxyl groups is 6. The Hall–Kier alpha value is -0.280. The maximum absolute atomic E-state index is 8.17. The van der Waals surface area contributed by atoms with Crippen LogP contribution in [0.1, 0.15) is 90.9 Å². The van der Waals surface area contributed by atoms with Gasteiger partial charge in [0.25, 0.3) is 0 Å². The molecule has 6 N–H and O–H groups in total. The fraction of sp³-hybridized carbons (Fsp3) is 1.00. The minimum absolute atomic E-state index is 0.365. The van der Waals surface area contributed by atoms with Gasteiger partial charge < -0.3 is 35.4 Å². The Labute approximate surface area is 178 Å². The SMILES string of the molecule is CCCCCCCCOCCCCCCCC.OCC(O)CO.OCC(O)CO. The molecule has 0 aromatic heterocycles. The van der Waals surface area contributed by atoms with Crippen LogP contribution in [0.5, 0.6) is 0 Å². The van der Waals surface area contributed by atoms with Crippen molar-refractivity contribution in [3.05, 3.63) is 0 Å². The smallest absolute Gasteiger partial charge is 0.100 e. The van der Waals surface area contributed by atoms with E-state index in [1.807, 2.05) is 0 Å². The largest absolute Gasteiger partial charge is 0.394 e. The van der Waals surface area contributed by atoms with Gasteiger partial charge in [0, 0.05) is 13.2 Å². The summed E-state index contributed by atoms with van der Waals surface area (Å²) < 4.78 is 5.65. The van der Waals surface area contributed by atoms with Gasteiger partial charge in [-0.05, 0) is 12.8 Å². The summed E-state index contributed by atoms with van der Waals surface area (Å²) in [5.74, 6) is 0. The monoisotopic (exact) mass is 426 g/mol. The van der Waals surface area contributed by atoms with Crippen LogP contribution >= 0.6 is 0 Å². The van der Waals surface area contributed by atoms with E-state index in [9.17, 15) is 0 Å². The average Bonchev–Trinajstić information content (AvgIpc) is 2.76. The second kappa shape index (κ2) is 32.4. The molecule has 0 atom stereocenters. The minimum atomic E-state index is -0.954. The summed E-state index contributed by atoms with van der Waals surface area (Å²) >= 11 is 0. The molecule has 0 rings (SSSR count). The lowest BCUT2D eigenvalue weighted by atomic mass is 10.1. The van der Waals surface area contributed by atoms with Gasteiger partial charge in [0.15, 0.2) is 0 Å². The Bertz CT molecular complexity index is 223. The van der Waals surface area contributed by atoms with Crippen molar-refractivity contribution in [1.82, 2.24) is 0 Å². The maximum atomic E-state index is 8.17. The fourth-order valence-electron chi connectivity index (χ4n) is 2.19. The van der Waals surface area contributed by atoms with E-state index in [1.165, 1.54) is 77.0 Å². The van der Waals surface area contributed by atoms with E-state index >= 15 is 0 Å². The molecule has 0 saturated carbocycles. The highest BCUT2D eigenvalue weighted by atomic mass is 16.5. The van der Waals surface area contributed by atoms with Crippen LogP contribution in [0.4, 0.5) is 0 Å². The van der Waals surface area contributed by atoms with Crippen LogP contribution in [0.3, 0.4) is 0 Å². The van der Waals surface area contributed by atoms with Crippen molar-refractivity contribution in [3.63, 3.8) is 0 Å². The summed E-state index contributed by atoms with van der Waals surface area (Å²) in [5, 5.41) is 48.0. The van der Waals surface area contributed by atoms with Crippen LogP contribution in [0.2, 0.25) is 0 Å². The molecule has 0 aliphatic heterocycles. The van der Waals surface area contributed by atoms with Gasteiger partial charge in [-0.15, -0.1) is 0 Å². The Kier molecular flexibility index (Phi) is 37.3. The topological polar surface area (TPSA) is 131 Å². The van der Waals surface area contributed by atoms with Crippen molar-refractivity contribution in [1.29, 1.82) is 0 Å². The molecule has 0 saturated heterocycles. The van der Waals surface area contributed by atoms with E-state index in [1.54, 1.807) is 0 Å². The van der Waals surface area contributed by atoms with Gasteiger partial charge >= 0.3 is 0 Å². The zero-order chi connectivity index (χ0) is 22.6. The molecule has 0 aliphatic rings. The lowest BCUT2D eigenvalue weighted by Gasteiger charge is -2.04. The molecule has 0 aromatic carbocycles. The van der Waals surface area contributed by atoms with E-state index in [2.05, 4.69) is 13.8 Å². The molecule has 7 heteroatoms. The number of rotatable bonds is 18. The summed E-state index contributed by atoms with van der Waals surface area (Å²) in [5.41, 5.74) is 0. The van der Waals surface area contributed by atoms with E-state index < -0.39 is 12.2 Å². The van der Waals surface area contributed by atoms with Gasteiger partial charge in [0.2, 0.25) is 0 Å². The van der Waals surface area contributed by atoms with E-state index in [-0.39, 0.29) is 26.4 Å². The molecule has 0 aromatic rings. The van der Waals surface area contributed by atoms with Crippen molar-refractivity contribution >= 4 is 0 Å². The molecule has 180 valence electrons. The van der Waals surface area contributed by atoms with E-state index in [0.717, 1.165) is 13.2 Å². The van der Waals surface area contributed by atoms with Crippen molar-refractivity contribution in [2.45, 2.75) is 103 Å². The number of aliphatic hydroxyl groups excluding tert-OH is 6. The summed E-state index contributed by atoms with van der Waals surface area (Å²) in [4.78, 5) is 0. The molecule has 0 heterocycles. The minimum Gasteiger partial charge on any atom is -0.394 e. The molecular weight excluding hydrogens is 376 g/mol. The predicted molar refractivity (Wildman–Crippen MR) is 118 cm³/mol. The van der Waals surface area contributed by atoms with Crippen LogP contribution in [0, 0.1) is 0 Å². The van der Waals surface area contributed by atoms with Gasteiger partial charge in [-0.1, -0.05) is 78.1 Å². The molecule has 7 nitrogen and oxygen atoms in total. The molecule has 0 unspecified atom stereocenters. The Balaban J connectivity index is -0.000000460. The fourth-order valence-corrected chi connectivity index (χ4v) is 2.19. The highest BCUT2D eigenvalue weighted by Crippen LogP contribution is 2.06. The first-order chi connectivity index (χ1) is 14.0. The van der Waals surface area contributed by atoms with Crippen molar-refractivity contribution in [2.24, 2.45) is 0 Å². The molecule has 29 heavy (non-hydrogen) atoms. The number of unbranched alkanes of at least 4 members (excludes halogenated alkanes) is 10.